The number of carboxylic acids is 2. The van der Waals surface area contributed by atoms with Crippen LogP contribution in [-0.4, -0.2) is 46.8 Å². The van der Waals surface area contributed by atoms with Gasteiger partial charge >= 0.3 is 23.9 Å². The van der Waals surface area contributed by atoms with Crippen LogP contribution in [0.2, 0.25) is 0 Å². The number of hydrogen-bond donors (Lipinski definition) is 2. The molecular formula is C27H48O8. The van der Waals surface area contributed by atoms with Crippen molar-refractivity contribution < 1.29 is 38.9 Å². The molecule has 1 atom stereocenters. The first-order valence-electron chi connectivity index (χ1n) is 13.6. The van der Waals surface area contributed by atoms with Crippen LogP contribution in [0.15, 0.2) is 0 Å². The van der Waals surface area contributed by atoms with Crippen LogP contribution >= 0.6 is 0 Å². The number of aliphatic carboxylic acids is 2. The van der Waals surface area contributed by atoms with E-state index in [0.717, 1.165) is 103 Å². The molecule has 8 nitrogen and oxygen atoms in total. The minimum Gasteiger partial charge on any atom is -0.481 e. The van der Waals surface area contributed by atoms with Crippen LogP contribution < -0.4 is 0 Å². The molecule has 0 radical (unpaired) electrons. The fourth-order valence-corrected chi connectivity index (χ4v) is 3.81. The maximum Gasteiger partial charge on any atom is 0.306 e. The van der Waals surface area contributed by atoms with Gasteiger partial charge in [0.15, 0.2) is 0 Å². The lowest BCUT2D eigenvalue weighted by atomic mass is 10.1. The summed E-state index contributed by atoms with van der Waals surface area (Å²) in [5, 5.41) is 17.2. The molecule has 0 saturated heterocycles. The molecule has 35 heavy (non-hydrogen) atoms. The van der Waals surface area contributed by atoms with E-state index in [1.807, 2.05) is 0 Å². The molecular weight excluding hydrogens is 452 g/mol. The summed E-state index contributed by atoms with van der Waals surface area (Å²) in [6.45, 7) is 1.81. The summed E-state index contributed by atoms with van der Waals surface area (Å²) < 4.78 is 10.5. The molecule has 0 aliphatic heterocycles. The normalized spacial score (nSPS) is 11.7. The third-order valence-electron chi connectivity index (χ3n) is 5.85. The molecule has 0 aromatic heterocycles. The summed E-state index contributed by atoms with van der Waals surface area (Å²) in [5.41, 5.74) is 0. The van der Waals surface area contributed by atoms with Crippen molar-refractivity contribution in [2.45, 2.75) is 141 Å². The van der Waals surface area contributed by atoms with Crippen LogP contribution in [0.25, 0.3) is 0 Å². The topological polar surface area (TPSA) is 127 Å². The standard InChI is InChI=1S/C27H48O8/c1-23(35-27(33)21-17-13-9-5-3-7-11-15-19-25(30)31)22-34-26(32)20-16-12-8-4-2-6-10-14-18-24(28)29/h23H,2-22H2,1H3,(H,28,29)(H,30,31). The Labute approximate surface area is 211 Å². The van der Waals surface area contributed by atoms with Crippen molar-refractivity contribution in [1.82, 2.24) is 0 Å². The summed E-state index contributed by atoms with van der Waals surface area (Å²) in [4.78, 5) is 44.6. The van der Waals surface area contributed by atoms with Gasteiger partial charge in [0.1, 0.15) is 12.7 Å². The smallest absolute Gasteiger partial charge is 0.306 e. The van der Waals surface area contributed by atoms with Crippen LogP contribution in [0.5, 0.6) is 0 Å². The van der Waals surface area contributed by atoms with Gasteiger partial charge in [0.2, 0.25) is 0 Å². The lowest BCUT2D eigenvalue weighted by Crippen LogP contribution is -2.22. The van der Waals surface area contributed by atoms with Crippen LogP contribution in [-0.2, 0) is 28.7 Å². The van der Waals surface area contributed by atoms with Gasteiger partial charge in [0, 0.05) is 25.7 Å². The van der Waals surface area contributed by atoms with Crippen molar-refractivity contribution in [1.29, 1.82) is 0 Å². The Morgan fingerprint density at radius 3 is 1.20 bits per heavy atom. The highest BCUT2D eigenvalue weighted by Crippen LogP contribution is 2.12. The highest BCUT2D eigenvalue weighted by molar-refractivity contribution is 5.70. The molecule has 0 spiro atoms. The number of ether oxygens (including phenoxy) is 2. The van der Waals surface area contributed by atoms with E-state index in [9.17, 15) is 19.2 Å². The number of carbonyl (C=O) groups is 4. The zero-order valence-electron chi connectivity index (χ0n) is 21.8. The molecule has 0 aromatic carbocycles. The quantitative estimate of drug-likeness (QED) is 0.108. The predicted octanol–water partition coefficient (Wildman–Crippen LogP) is 6.43. The monoisotopic (exact) mass is 500 g/mol. The third-order valence-corrected chi connectivity index (χ3v) is 5.85. The Balaban J connectivity index is 3.47. The summed E-state index contributed by atoms with van der Waals surface area (Å²) >= 11 is 0. The van der Waals surface area contributed by atoms with Gasteiger partial charge in [0.05, 0.1) is 0 Å². The maximum atomic E-state index is 11.9. The largest absolute Gasteiger partial charge is 0.481 e. The SMILES string of the molecule is CC(COC(=O)CCCCCCCCCCC(=O)O)OC(=O)CCCCCCCCCCC(=O)O. The molecule has 0 aromatic rings. The molecule has 2 N–H and O–H groups in total. The van der Waals surface area contributed by atoms with Gasteiger partial charge in [-0.05, 0) is 32.6 Å². The molecule has 0 rings (SSSR count). The molecule has 0 fully saturated rings. The molecule has 0 saturated carbocycles. The first-order valence-corrected chi connectivity index (χ1v) is 13.6. The average Bonchev–Trinajstić information content (AvgIpc) is 2.79. The van der Waals surface area contributed by atoms with E-state index < -0.39 is 18.0 Å². The lowest BCUT2D eigenvalue weighted by molar-refractivity contribution is -0.158. The van der Waals surface area contributed by atoms with E-state index in [4.69, 9.17) is 19.7 Å². The van der Waals surface area contributed by atoms with Crippen LogP contribution in [0.1, 0.15) is 135 Å². The fraction of sp³-hybridized carbons (Fsp3) is 0.852. The second-order valence-electron chi connectivity index (χ2n) is 9.43. The van der Waals surface area contributed by atoms with Crippen LogP contribution in [0.4, 0.5) is 0 Å². The molecule has 1 unspecified atom stereocenters. The number of rotatable bonds is 25. The van der Waals surface area contributed by atoms with E-state index in [1.54, 1.807) is 6.92 Å². The third kappa shape index (κ3) is 26.3. The zero-order chi connectivity index (χ0) is 26.2. The number of esters is 2. The number of carbonyl (C=O) groups excluding carboxylic acids is 2. The number of unbranched alkanes of at least 4 members (excludes halogenated alkanes) is 14. The zero-order valence-corrected chi connectivity index (χ0v) is 21.8. The van der Waals surface area contributed by atoms with E-state index in [1.165, 1.54) is 0 Å². The fourth-order valence-electron chi connectivity index (χ4n) is 3.81. The number of carboxylic acid groups (broad SMARTS) is 2. The van der Waals surface area contributed by atoms with Crippen molar-refractivity contribution in [2.24, 2.45) is 0 Å². The first-order chi connectivity index (χ1) is 16.8. The lowest BCUT2D eigenvalue weighted by Gasteiger charge is -2.13. The summed E-state index contributed by atoms with van der Waals surface area (Å²) in [6, 6.07) is 0. The highest BCUT2D eigenvalue weighted by atomic mass is 16.6. The van der Waals surface area contributed by atoms with Gasteiger partial charge in [-0.3, -0.25) is 19.2 Å². The molecule has 204 valence electrons. The van der Waals surface area contributed by atoms with E-state index in [-0.39, 0.29) is 31.4 Å². The Morgan fingerprint density at radius 1 is 0.514 bits per heavy atom. The van der Waals surface area contributed by atoms with Gasteiger partial charge in [0.25, 0.3) is 0 Å². The second kappa shape index (κ2) is 23.6. The predicted molar refractivity (Wildman–Crippen MR) is 134 cm³/mol. The van der Waals surface area contributed by atoms with Gasteiger partial charge in [-0.1, -0.05) is 77.0 Å². The summed E-state index contributed by atoms with van der Waals surface area (Å²) in [7, 11) is 0. The van der Waals surface area contributed by atoms with E-state index >= 15 is 0 Å². The van der Waals surface area contributed by atoms with Gasteiger partial charge in [-0.2, -0.15) is 0 Å². The Bertz CT molecular complexity index is 576. The average molecular weight is 501 g/mol. The van der Waals surface area contributed by atoms with Crippen molar-refractivity contribution in [3.8, 4) is 0 Å². The van der Waals surface area contributed by atoms with Crippen LogP contribution in [0, 0.1) is 0 Å². The maximum absolute atomic E-state index is 11.9. The molecule has 0 amide bonds. The van der Waals surface area contributed by atoms with Crippen molar-refractivity contribution in [3.05, 3.63) is 0 Å². The molecule has 8 heteroatoms. The number of hydrogen-bond acceptors (Lipinski definition) is 6. The van der Waals surface area contributed by atoms with E-state index in [0.29, 0.717) is 12.8 Å². The first kappa shape index (κ1) is 32.9. The minimum absolute atomic E-state index is 0.0861. The van der Waals surface area contributed by atoms with Gasteiger partial charge in [-0.15, -0.1) is 0 Å². The minimum atomic E-state index is -0.730. The molecule has 0 bridgehead atoms. The highest BCUT2D eigenvalue weighted by Gasteiger charge is 2.12. The molecule has 0 aliphatic carbocycles. The summed E-state index contributed by atoms with van der Waals surface area (Å²) in [6.07, 6.45) is 16.4. The van der Waals surface area contributed by atoms with Crippen molar-refractivity contribution >= 4 is 23.9 Å². The Morgan fingerprint density at radius 2 is 0.829 bits per heavy atom. The molecule has 0 heterocycles. The molecule has 0 aliphatic rings. The Kier molecular flexibility index (Phi) is 22.2. The van der Waals surface area contributed by atoms with Gasteiger partial charge < -0.3 is 19.7 Å². The second-order valence-corrected chi connectivity index (χ2v) is 9.43. The van der Waals surface area contributed by atoms with E-state index in [2.05, 4.69) is 0 Å². The summed E-state index contributed by atoms with van der Waals surface area (Å²) in [5.74, 6) is -1.98. The van der Waals surface area contributed by atoms with Crippen molar-refractivity contribution in [2.75, 3.05) is 6.61 Å². The van der Waals surface area contributed by atoms with Gasteiger partial charge in [-0.25, -0.2) is 0 Å². The van der Waals surface area contributed by atoms with Crippen LogP contribution in [0.3, 0.4) is 0 Å². The van der Waals surface area contributed by atoms with Crippen molar-refractivity contribution in [3.63, 3.8) is 0 Å². The Hall–Kier alpha value is -2.12.